The molecule has 6 nitrogen and oxygen atoms in total. The zero-order valence-electron chi connectivity index (χ0n) is 12.0. The maximum atomic E-state index is 11.9. The van der Waals surface area contributed by atoms with Gasteiger partial charge in [-0.05, 0) is 6.07 Å². The Labute approximate surface area is 132 Å². The van der Waals surface area contributed by atoms with Gasteiger partial charge in [0.05, 0.1) is 23.0 Å². The molecule has 0 aromatic carbocycles. The van der Waals surface area contributed by atoms with Crippen LogP contribution < -0.4 is 5.32 Å². The van der Waals surface area contributed by atoms with Crippen LogP contribution in [0.4, 0.5) is 0 Å². The Bertz CT molecular complexity index is 722. The molecular formula is C15H15N5OS. The number of thiazole rings is 1. The van der Waals surface area contributed by atoms with E-state index < -0.39 is 5.66 Å². The normalized spacial score (nSPS) is 14.7. The summed E-state index contributed by atoms with van der Waals surface area (Å²) in [5.41, 5.74) is 0.464. The van der Waals surface area contributed by atoms with Crippen molar-refractivity contribution in [1.29, 1.82) is 0 Å². The molecule has 1 aliphatic heterocycles. The lowest BCUT2D eigenvalue weighted by Gasteiger charge is -2.08. The van der Waals surface area contributed by atoms with Crippen molar-refractivity contribution in [1.82, 2.24) is 15.3 Å². The number of fused-ring (bicyclic) bond motifs is 1. The first kappa shape index (κ1) is 14.6. The minimum Gasteiger partial charge on any atom is -0.350 e. The summed E-state index contributed by atoms with van der Waals surface area (Å²) in [5.74, 6) is 2.56. The largest absolute Gasteiger partial charge is 0.350 e. The van der Waals surface area contributed by atoms with Crippen molar-refractivity contribution >= 4 is 27.5 Å². The Morgan fingerprint density at radius 3 is 3.00 bits per heavy atom. The minimum absolute atomic E-state index is 0.0187. The molecule has 0 radical (unpaired) electrons. The second-order valence-electron chi connectivity index (χ2n) is 5.11. The van der Waals surface area contributed by atoms with Gasteiger partial charge >= 0.3 is 0 Å². The quantitative estimate of drug-likeness (QED) is 0.798. The van der Waals surface area contributed by atoms with Gasteiger partial charge in [0.1, 0.15) is 5.01 Å². The maximum Gasteiger partial charge on any atom is 0.220 e. The van der Waals surface area contributed by atoms with Gasteiger partial charge in [0.15, 0.2) is 5.66 Å². The van der Waals surface area contributed by atoms with Gasteiger partial charge in [-0.3, -0.25) is 9.78 Å². The van der Waals surface area contributed by atoms with E-state index in [0.29, 0.717) is 25.8 Å². The van der Waals surface area contributed by atoms with Crippen LogP contribution in [-0.2, 0) is 11.3 Å². The number of hydrogen-bond acceptors (Lipinski definition) is 6. The SMILES string of the molecule is C#CCCC1(CCC(=O)NCc2nc3cnccc3s2)N=N1. The second-order valence-corrected chi connectivity index (χ2v) is 6.23. The molecule has 3 rings (SSSR count). The molecule has 0 spiro atoms. The van der Waals surface area contributed by atoms with E-state index in [9.17, 15) is 4.79 Å². The Kier molecular flexibility index (Phi) is 4.11. The molecule has 112 valence electrons. The molecule has 0 aliphatic carbocycles. The van der Waals surface area contributed by atoms with E-state index in [0.717, 1.165) is 21.6 Å². The standard InChI is InChI=1S/C15H15N5OS/c1-2-3-6-15(19-20-15)7-4-13(21)17-10-14-18-11-9-16-8-5-12(11)22-14/h1,5,8-9H,3-4,6-7,10H2,(H,17,21). The van der Waals surface area contributed by atoms with Crippen LogP contribution in [0.3, 0.4) is 0 Å². The third-order valence-electron chi connectivity index (χ3n) is 3.48. The van der Waals surface area contributed by atoms with E-state index in [1.54, 1.807) is 23.7 Å². The highest BCUT2D eigenvalue weighted by Crippen LogP contribution is 2.37. The number of aromatic nitrogens is 2. The molecular weight excluding hydrogens is 298 g/mol. The van der Waals surface area contributed by atoms with Gasteiger partial charge in [-0.2, -0.15) is 10.2 Å². The van der Waals surface area contributed by atoms with Crippen LogP contribution in [-0.4, -0.2) is 21.5 Å². The molecule has 0 atom stereocenters. The van der Waals surface area contributed by atoms with Crippen molar-refractivity contribution < 1.29 is 4.79 Å². The van der Waals surface area contributed by atoms with E-state index in [-0.39, 0.29) is 5.91 Å². The van der Waals surface area contributed by atoms with Crippen molar-refractivity contribution in [2.24, 2.45) is 10.2 Å². The fraction of sp³-hybridized carbons (Fsp3) is 0.400. The third-order valence-corrected chi connectivity index (χ3v) is 4.51. The van der Waals surface area contributed by atoms with Gasteiger partial charge in [-0.15, -0.1) is 23.7 Å². The lowest BCUT2D eigenvalue weighted by molar-refractivity contribution is -0.121. The first-order valence-electron chi connectivity index (χ1n) is 7.04. The zero-order valence-corrected chi connectivity index (χ0v) is 12.8. The number of rotatable bonds is 7. The number of carbonyl (C=O) groups excluding carboxylic acids is 1. The van der Waals surface area contributed by atoms with E-state index >= 15 is 0 Å². The van der Waals surface area contributed by atoms with Crippen molar-refractivity contribution in [3.05, 3.63) is 23.5 Å². The van der Waals surface area contributed by atoms with Crippen LogP contribution in [0.1, 0.15) is 30.7 Å². The molecule has 1 amide bonds. The number of nitrogens with zero attached hydrogens (tertiary/aromatic N) is 4. The Hall–Kier alpha value is -2.33. The fourth-order valence-electron chi connectivity index (χ4n) is 2.15. The Morgan fingerprint density at radius 1 is 1.41 bits per heavy atom. The van der Waals surface area contributed by atoms with E-state index in [4.69, 9.17) is 6.42 Å². The molecule has 0 unspecified atom stereocenters. The molecule has 1 aliphatic rings. The minimum atomic E-state index is -0.398. The van der Waals surface area contributed by atoms with Crippen molar-refractivity contribution in [3.8, 4) is 12.3 Å². The Balaban J connectivity index is 1.45. The smallest absolute Gasteiger partial charge is 0.220 e. The predicted octanol–water partition coefficient (Wildman–Crippen LogP) is 2.66. The summed E-state index contributed by atoms with van der Waals surface area (Å²) in [7, 11) is 0. The summed E-state index contributed by atoms with van der Waals surface area (Å²) in [6.07, 6.45) is 11.1. The molecule has 2 aromatic heterocycles. The highest BCUT2D eigenvalue weighted by Gasteiger charge is 2.39. The molecule has 2 aromatic rings. The first-order valence-corrected chi connectivity index (χ1v) is 7.86. The van der Waals surface area contributed by atoms with Crippen LogP contribution in [0.25, 0.3) is 10.2 Å². The van der Waals surface area contributed by atoms with Crippen LogP contribution >= 0.6 is 11.3 Å². The molecule has 0 saturated carbocycles. The number of carbonyl (C=O) groups is 1. The lowest BCUT2D eigenvalue weighted by Crippen LogP contribution is -2.24. The predicted molar refractivity (Wildman–Crippen MR) is 84.1 cm³/mol. The summed E-state index contributed by atoms with van der Waals surface area (Å²) < 4.78 is 1.07. The van der Waals surface area contributed by atoms with Crippen LogP contribution in [0.15, 0.2) is 28.7 Å². The molecule has 3 heterocycles. The maximum absolute atomic E-state index is 11.9. The van der Waals surface area contributed by atoms with E-state index in [1.807, 2.05) is 6.07 Å². The van der Waals surface area contributed by atoms with Crippen LogP contribution in [0.5, 0.6) is 0 Å². The van der Waals surface area contributed by atoms with Gasteiger partial charge in [0, 0.05) is 31.9 Å². The summed E-state index contributed by atoms with van der Waals surface area (Å²) >= 11 is 1.56. The second kappa shape index (κ2) is 6.20. The van der Waals surface area contributed by atoms with Crippen molar-refractivity contribution in [3.63, 3.8) is 0 Å². The molecule has 0 fully saturated rings. The number of amides is 1. The van der Waals surface area contributed by atoms with Gasteiger partial charge in [0.2, 0.25) is 5.91 Å². The number of hydrogen-bond donors (Lipinski definition) is 1. The number of nitrogens with one attached hydrogen (secondary N) is 1. The fourth-order valence-corrected chi connectivity index (χ4v) is 3.02. The molecule has 1 N–H and O–H groups in total. The number of pyridine rings is 1. The Morgan fingerprint density at radius 2 is 2.27 bits per heavy atom. The van der Waals surface area contributed by atoms with Crippen molar-refractivity contribution in [2.75, 3.05) is 0 Å². The summed E-state index contributed by atoms with van der Waals surface area (Å²) in [4.78, 5) is 20.4. The highest BCUT2D eigenvalue weighted by atomic mass is 32.1. The summed E-state index contributed by atoms with van der Waals surface area (Å²) in [6.45, 7) is 0.434. The average molecular weight is 313 g/mol. The van der Waals surface area contributed by atoms with Gasteiger partial charge < -0.3 is 5.32 Å². The van der Waals surface area contributed by atoms with Crippen molar-refractivity contribution in [2.45, 2.75) is 37.9 Å². The highest BCUT2D eigenvalue weighted by molar-refractivity contribution is 7.18. The summed E-state index contributed by atoms with van der Waals surface area (Å²) in [6, 6.07) is 1.92. The third kappa shape index (κ3) is 3.46. The summed E-state index contributed by atoms with van der Waals surface area (Å²) in [5, 5.41) is 11.8. The average Bonchev–Trinajstić information content (AvgIpc) is 3.18. The van der Waals surface area contributed by atoms with Gasteiger partial charge in [-0.1, -0.05) is 0 Å². The molecule has 7 heteroatoms. The lowest BCUT2D eigenvalue weighted by atomic mass is 10.0. The van der Waals surface area contributed by atoms with Crippen LogP contribution in [0, 0.1) is 12.3 Å². The van der Waals surface area contributed by atoms with E-state index in [2.05, 4.69) is 31.4 Å². The molecule has 0 saturated heterocycles. The zero-order chi connectivity index (χ0) is 15.4. The van der Waals surface area contributed by atoms with Gasteiger partial charge in [-0.25, -0.2) is 4.98 Å². The monoisotopic (exact) mass is 313 g/mol. The number of terminal acetylenes is 1. The molecule has 0 bridgehead atoms. The molecule has 22 heavy (non-hydrogen) atoms. The first-order chi connectivity index (χ1) is 10.7. The van der Waals surface area contributed by atoms with E-state index in [1.165, 1.54) is 0 Å². The topological polar surface area (TPSA) is 79.6 Å². The van der Waals surface area contributed by atoms with Gasteiger partial charge in [0.25, 0.3) is 0 Å². The van der Waals surface area contributed by atoms with Crippen LogP contribution in [0.2, 0.25) is 0 Å².